The Labute approximate surface area is 62.1 Å². The van der Waals surface area contributed by atoms with Gasteiger partial charge in [-0.05, 0) is 18.2 Å². The molecule has 3 nitrogen and oxygen atoms in total. The van der Waals surface area contributed by atoms with Crippen molar-refractivity contribution in [3.63, 3.8) is 0 Å². The van der Waals surface area contributed by atoms with Crippen molar-refractivity contribution in [3.8, 4) is 11.5 Å². The number of phenolic OH excluding ortho intramolecular Hbond substituents is 2. The first-order valence-corrected chi connectivity index (χ1v) is 3.35. The van der Waals surface area contributed by atoms with E-state index in [1.54, 1.807) is 0 Å². The fourth-order valence-corrected chi connectivity index (χ4v) is 0.911. The molecule has 0 aliphatic carbocycles. The highest BCUT2D eigenvalue weighted by atomic mass is 32.2. The van der Waals surface area contributed by atoms with E-state index in [4.69, 9.17) is 14.8 Å². The lowest BCUT2D eigenvalue weighted by Crippen LogP contribution is -1.71. The Hall–Kier alpha value is -0.870. The summed E-state index contributed by atoms with van der Waals surface area (Å²) >= 11 is 0.400. The van der Waals surface area contributed by atoms with Crippen LogP contribution in [0.5, 0.6) is 11.5 Å². The van der Waals surface area contributed by atoms with Crippen LogP contribution >= 0.6 is 12.0 Å². The summed E-state index contributed by atoms with van der Waals surface area (Å²) < 4.78 is 8.49. The minimum Gasteiger partial charge on any atom is -0.508 e. The largest absolute Gasteiger partial charge is 0.508 e. The molecule has 0 amide bonds. The van der Waals surface area contributed by atoms with Gasteiger partial charge < -0.3 is 14.8 Å². The topological polar surface area (TPSA) is 60.7 Å². The molecule has 0 atom stereocenters. The smallest absolute Gasteiger partial charge is 0.131 e. The monoisotopic (exact) mass is 158 g/mol. The zero-order valence-corrected chi connectivity index (χ0v) is 5.80. The van der Waals surface area contributed by atoms with Gasteiger partial charge in [0.15, 0.2) is 0 Å². The Morgan fingerprint density at radius 3 is 2.40 bits per heavy atom. The molecule has 4 heteroatoms. The van der Waals surface area contributed by atoms with Crippen LogP contribution in [0.2, 0.25) is 0 Å². The minimum atomic E-state index is -0.0368. The Morgan fingerprint density at radius 2 is 1.90 bits per heavy atom. The maximum Gasteiger partial charge on any atom is 0.131 e. The molecule has 0 aliphatic rings. The van der Waals surface area contributed by atoms with Gasteiger partial charge in [0.05, 0.1) is 4.90 Å². The summed E-state index contributed by atoms with van der Waals surface area (Å²) in [5.41, 5.74) is 0. The molecular weight excluding hydrogens is 152 g/mol. The van der Waals surface area contributed by atoms with E-state index in [1.807, 2.05) is 0 Å². The van der Waals surface area contributed by atoms with Gasteiger partial charge in [0.2, 0.25) is 0 Å². The normalized spacial score (nSPS) is 9.70. The minimum absolute atomic E-state index is 0.0225. The van der Waals surface area contributed by atoms with Gasteiger partial charge in [0, 0.05) is 12.0 Å². The number of phenols is 2. The standard InChI is InChI=1S/C6H6O3S/c7-4-1-2-5(8)6(3-4)10-9/h1-3,7-9H. The van der Waals surface area contributed by atoms with E-state index < -0.39 is 0 Å². The van der Waals surface area contributed by atoms with Crippen LogP contribution < -0.4 is 0 Å². The Balaban J connectivity index is 3.09. The third kappa shape index (κ3) is 1.34. The van der Waals surface area contributed by atoms with E-state index >= 15 is 0 Å². The second-order valence-corrected chi connectivity index (χ2v) is 2.37. The molecule has 1 aromatic carbocycles. The van der Waals surface area contributed by atoms with Gasteiger partial charge in [-0.25, -0.2) is 0 Å². The van der Waals surface area contributed by atoms with Crippen LogP contribution in [-0.4, -0.2) is 14.8 Å². The molecule has 0 aliphatic heterocycles. The summed E-state index contributed by atoms with van der Waals surface area (Å²) in [6, 6.07) is 3.93. The van der Waals surface area contributed by atoms with Crippen LogP contribution in [0.1, 0.15) is 0 Å². The molecule has 0 saturated heterocycles. The van der Waals surface area contributed by atoms with Crippen LogP contribution in [0.15, 0.2) is 23.1 Å². The summed E-state index contributed by atoms with van der Waals surface area (Å²) in [7, 11) is 0. The first-order chi connectivity index (χ1) is 4.74. The molecule has 0 bridgehead atoms. The van der Waals surface area contributed by atoms with Gasteiger partial charge in [-0.2, -0.15) is 0 Å². The Kier molecular flexibility index (Phi) is 2.03. The number of hydrogen-bond donors (Lipinski definition) is 3. The fourth-order valence-electron chi connectivity index (χ4n) is 0.576. The van der Waals surface area contributed by atoms with Gasteiger partial charge in [0.1, 0.15) is 11.5 Å². The zero-order chi connectivity index (χ0) is 7.56. The second-order valence-electron chi connectivity index (χ2n) is 1.74. The van der Waals surface area contributed by atoms with Crippen molar-refractivity contribution in [2.24, 2.45) is 0 Å². The number of hydrogen-bond acceptors (Lipinski definition) is 4. The van der Waals surface area contributed by atoms with E-state index in [9.17, 15) is 0 Å². The summed E-state index contributed by atoms with van der Waals surface area (Å²) in [6.07, 6.45) is 0. The third-order valence-corrected chi connectivity index (χ3v) is 1.57. The van der Waals surface area contributed by atoms with Crippen molar-refractivity contribution in [2.75, 3.05) is 0 Å². The molecule has 0 saturated carbocycles. The third-order valence-electron chi connectivity index (χ3n) is 1.04. The first-order valence-electron chi connectivity index (χ1n) is 2.57. The van der Waals surface area contributed by atoms with Crippen LogP contribution in [0, 0.1) is 0 Å². The molecule has 0 heterocycles. The molecule has 0 fully saturated rings. The van der Waals surface area contributed by atoms with Crippen molar-refractivity contribution < 1.29 is 14.8 Å². The lowest BCUT2D eigenvalue weighted by atomic mass is 10.3. The summed E-state index contributed by atoms with van der Waals surface area (Å²) in [5, 5.41) is 17.8. The highest BCUT2D eigenvalue weighted by Gasteiger charge is 2.00. The molecule has 0 unspecified atom stereocenters. The fraction of sp³-hybridized carbons (Fsp3) is 0. The van der Waals surface area contributed by atoms with Crippen LogP contribution in [-0.2, 0) is 0 Å². The van der Waals surface area contributed by atoms with Crippen LogP contribution in [0.4, 0.5) is 0 Å². The first kappa shape index (κ1) is 7.24. The SMILES string of the molecule is OSc1cc(O)ccc1O. The van der Waals surface area contributed by atoms with Crippen molar-refractivity contribution in [1.29, 1.82) is 0 Å². The zero-order valence-electron chi connectivity index (χ0n) is 4.98. The van der Waals surface area contributed by atoms with Gasteiger partial charge in [-0.1, -0.05) is 0 Å². The molecule has 54 valence electrons. The average Bonchev–Trinajstić information content (AvgIpc) is 1.94. The Morgan fingerprint density at radius 1 is 1.20 bits per heavy atom. The van der Waals surface area contributed by atoms with Crippen LogP contribution in [0.25, 0.3) is 0 Å². The summed E-state index contributed by atoms with van der Waals surface area (Å²) in [4.78, 5) is 0.250. The summed E-state index contributed by atoms with van der Waals surface area (Å²) in [6.45, 7) is 0. The lowest BCUT2D eigenvalue weighted by Gasteiger charge is -1.98. The average molecular weight is 158 g/mol. The van der Waals surface area contributed by atoms with E-state index in [-0.39, 0.29) is 16.4 Å². The molecular formula is C6H6O3S. The lowest BCUT2D eigenvalue weighted by molar-refractivity contribution is 0.447. The predicted octanol–water partition coefficient (Wildman–Crippen LogP) is 1.66. The quantitative estimate of drug-likeness (QED) is 0.429. The second kappa shape index (κ2) is 2.81. The van der Waals surface area contributed by atoms with Gasteiger partial charge in [-0.3, -0.25) is 0 Å². The highest BCUT2D eigenvalue weighted by Crippen LogP contribution is 2.29. The highest BCUT2D eigenvalue weighted by molar-refractivity contribution is 7.93. The number of aromatic hydroxyl groups is 2. The van der Waals surface area contributed by atoms with E-state index in [0.717, 1.165) is 0 Å². The van der Waals surface area contributed by atoms with Gasteiger partial charge in [0.25, 0.3) is 0 Å². The maximum atomic E-state index is 8.94. The van der Waals surface area contributed by atoms with E-state index in [2.05, 4.69) is 0 Å². The van der Waals surface area contributed by atoms with Gasteiger partial charge in [-0.15, -0.1) is 0 Å². The van der Waals surface area contributed by atoms with E-state index in [0.29, 0.717) is 12.0 Å². The number of rotatable bonds is 1. The molecule has 1 rings (SSSR count). The van der Waals surface area contributed by atoms with E-state index in [1.165, 1.54) is 18.2 Å². The van der Waals surface area contributed by atoms with Crippen LogP contribution in [0.3, 0.4) is 0 Å². The Bertz CT molecular complexity index is 236. The van der Waals surface area contributed by atoms with Crippen molar-refractivity contribution in [2.45, 2.75) is 4.90 Å². The van der Waals surface area contributed by atoms with Crippen molar-refractivity contribution in [3.05, 3.63) is 18.2 Å². The summed E-state index contributed by atoms with van der Waals surface area (Å²) in [5.74, 6) is -0.0142. The maximum absolute atomic E-state index is 8.94. The predicted molar refractivity (Wildman–Crippen MR) is 38.3 cm³/mol. The molecule has 0 spiro atoms. The number of benzene rings is 1. The molecule has 3 N–H and O–H groups in total. The van der Waals surface area contributed by atoms with Crippen molar-refractivity contribution >= 4 is 12.0 Å². The molecule has 1 aromatic rings. The molecule has 0 aromatic heterocycles. The van der Waals surface area contributed by atoms with Gasteiger partial charge >= 0.3 is 0 Å². The molecule has 10 heavy (non-hydrogen) atoms. The molecule has 0 radical (unpaired) electrons. The van der Waals surface area contributed by atoms with Crippen molar-refractivity contribution in [1.82, 2.24) is 0 Å².